The predicted octanol–water partition coefficient (Wildman–Crippen LogP) is 0.989. The van der Waals surface area contributed by atoms with Gasteiger partial charge in [-0.1, -0.05) is 25.1 Å². The molecule has 5 nitrogen and oxygen atoms in total. The molecule has 5 heteroatoms. The number of hydrogen-bond donors (Lipinski definition) is 3. The van der Waals surface area contributed by atoms with Gasteiger partial charge in [0, 0.05) is 43.3 Å². The van der Waals surface area contributed by atoms with E-state index in [0.29, 0.717) is 6.54 Å². The molecule has 0 saturated carbocycles. The molecule has 1 aliphatic heterocycles. The van der Waals surface area contributed by atoms with E-state index in [1.54, 1.807) is 0 Å². The molecule has 1 aliphatic rings. The van der Waals surface area contributed by atoms with Gasteiger partial charge >= 0.3 is 0 Å². The monoisotopic (exact) mass is 286 g/mol. The van der Waals surface area contributed by atoms with Crippen LogP contribution in [0.4, 0.5) is 0 Å². The van der Waals surface area contributed by atoms with E-state index < -0.39 is 0 Å². The first kappa shape index (κ1) is 14.1. The zero-order valence-corrected chi connectivity index (χ0v) is 12.4. The van der Waals surface area contributed by atoms with E-state index in [-0.39, 0.29) is 11.9 Å². The largest absolute Gasteiger partial charge is 0.368 e. The Morgan fingerprint density at radius 2 is 2.29 bits per heavy atom. The Bertz CT molecular complexity index is 649. The molecule has 1 unspecified atom stereocenters. The number of hydrogen-bond acceptors (Lipinski definition) is 3. The highest BCUT2D eigenvalue weighted by Gasteiger charge is 2.27. The third-order valence-corrected chi connectivity index (χ3v) is 4.32. The van der Waals surface area contributed by atoms with Crippen LogP contribution < -0.4 is 11.1 Å². The quantitative estimate of drug-likeness (QED) is 0.784. The summed E-state index contributed by atoms with van der Waals surface area (Å²) in [5.74, 6) is -0.253. The number of aromatic amines is 1. The molecule has 1 saturated heterocycles. The van der Waals surface area contributed by atoms with Crippen LogP contribution in [0.3, 0.4) is 0 Å². The molecular weight excluding hydrogens is 264 g/mol. The number of aryl methyl sites for hydroxylation is 1. The van der Waals surface area contributed by atoms with Gasteiger partial charge in [0.15, 0.2) is 0 Å². The zero-order chi connectivity index (χ0) is 14.8. The second-order valence-corrected chi connectivity index (χ2v) is 5.60. The number of rotatable bonds is 4. The molecule has 1 atom stereocenters. The van der Waals surface area contributed by atoms with Gasteiger partial charge in [0.1, 0.15) is 6.04 Å². The fourth-order valence-corrected chi connectivity index (χ4v) is 3.14. The summed E-state index contributed by atoms with van der Waals surface area (Å²) in [5.41, 5.74) is 9.28. The first-order valence-corrected chi connectivity index (χ1v) is 7.52. The number of amides is 1. The molecule has 0 radical (unpaired) electrons. The average Bonchev–Trinajstić information content (AvgIpc) is 2.91. The Morgan fingerprint density at radius 3 is 3.05 bits per heavy atom. The molecule has 1 aromatic heterocycles. The maximum Gasteiger partial charge on any atom is 0.236 e. The van der Waals surface area contributed by atoms with Crippen molar-refractivity contribution < 1.29 is 4.79 Å². The number of nitrogens with zero attached hydrogens (tertiary/aromatic N) is 1. The van der Waals surface area contributed by atoms with Gasteiger partial charge in [0.05, 0.1) is 0 Å². The van der Waals surface area contributed by atoms with Crippen molar-refractivity contribution in [2.75, 3.05) is 19.6 Å². The fraction of sp³-hybridized carbons (Fsp3) is 0.438. The lowest BCUT2D eigenvalue weighted by Gasteiger charge is -2.33. The lowest BCUT2D eigenvalue weighted by Crippen LogP contribution is -2.56. The number of piperazine rings is 1. The topological polar surface area (TPSA) is 74.2 Å². The van der Waals surface area contributed by atoms with Crippen LogP contribution in [0.1, 0.15) is 18.1 Å². The summed E-state index contributed by atoms with van der Waals surface area (Å²) >= 11 is 0. The maximum atomic E-state index is 11.6. The Kier molecular flexibility index (Phi) is 3.94. The van der Waals surface area contributed by atoms with Crippen LogP contribution in [0.5, 0.6) is 0 Å². The van der Waals surface area contributed by atoms with Gasteiger partial charge in [0.25, 0.3) is 0 Å². The van der Waals surface area contributed by atoms with E-state index >= 15 is 0 Å². The Morgan fingerprint density at radius 1 is 1.43 bits per heavy atom. The molecule has 4 N–H and O–H groups in total. The van der Waals surface area contributed by atoms with Crippen molar-refractivity contribution in [1.29, 1.82) is 0 Å². The lowest BCUT2D eigenvalue weighted by molar-refractivity contribution is -0.124. The molecule has 3 rings (SSSR count). The summed E-state index contributed by atoms with van der Waals surface area (Å²) in [6.45, 7) is 5.29. The van der Waals surface area contributed by atoms with Gasteiger partial charge in [-0.2, -0.15) is 0 Å². The summed E-state index contributed by atoms with van der Waals surface area (Å²) in [4.78, 5) is 17.1. The second-order valence-electron chi connectivity index (χ2n) is 5.60. The fourth-order valence-electron chi connectivity index (χ4n) is 3.14. The molecule has 0 aliphatic carbocycles. The van der Waals surface area contributed by atoms with Crippen molar-refractivity contribution in [3.8, 4) is 0 Å². The zero-order valence-electron chi connectivity index (χ0n) is 12.4. The summed E-state index contributed by atoms with van der Waals surface area (Å²) < 4.78 is 0. The van der Waals surface area contributed by atoms with Gasteiger partial charge < -0.3 is 16.0 Å². The molecule has 1 fully saturated rings. The summed E-state index contributed by atoms with van der Waals surface area (Å²) in [6.07, 6.45) is 3.07. The number of nitrogens with one attached hydrogen (secondary N) is 2. The van der Waals surface area contributed by atoms with Crippen LogP contribution in [0, 0.1) is 0 Å². The van der Waals surface area contributed by atoms with Gasteiger partial charge in [0.2, 0.25) is 5.91 Å². The van der Waals surface area contributed by atoms with Crippen LogP contribution in [0.15, 0.2) is 24.4 Å². The van der Waals surface area contributed by atoms with E-state index in [4.69, 9.17) is 5.73 Å². The predicted molar refractivity (Wildman–Crippen MR) is 83.9 cm³/mol. The number of carbonyl (C=O) groups is 1. The van der Waals surface area contributed by atoms with E-state index in [2.05, 4.69) is 46.5 Å². The first-order valence-electron chi connectivity index (χ1n) is 7.52. The molecule has 0 spiro atoms. The van der Waals surface area contributed by atoms with Crippen LogP contribution in [0.2, 0.25) is 0 Å². The molecule has 0 bridgehead atoms. The van der Waals surface area contributed by atoms with E-state index in [9.17, 15) is 4.79 Å². The van der Waals surface area contributed by atoms with Crippen molar-refractivity contribution in [1.82, 2.24) is 15.2 Å². The smallest absolute Gasteiger partial charge is 0.236 e. The number of aromatic nitrogens is 1. The normalized spacial score (nSPS) is 20.0. The van der Waals surface area contributed by atoms with Crippen molar-refractivity contribution in [3.63, 3.8) is 0 Å². The molecule has 2 heterocycles. The number of H-pyrrole nitrogens is 1. The highest BCUT2D eigenvalue weighted by Crippen LogP contribution is 2.24. The van der Waals surface area contributed by atoms with Crippen LogP contribution >= 0.6 is 0 Å². The van der Waals surface area contributed by atoms with E-state index in [1.165, 1.54) is 22.0 Å². The number of nitrogens with two attached hydrogens (primary N) is 1. The van der Waals surface area contributed by atoms with Crippen LogP contribution in [0.25, 0.3) is 10.9 Å². The number of para-hydroxylation sites is 1. The molecule has 2 aromatic rings. The number of primary amides is 1. The van der Waals surface area contributed by atoms with Crippen LogP contribution in [-0.4, -0.2) is 41.5 Å². The minimum Gasteiger partial charge on any atom is -0.368 e. The van der Waals surface area contributed by atoms with Crippen molar-refractivity contribution in [3.05, 3.63) is 35.5 Å². The third-order valence-electron chi connectivity index (χ3n) is 4.32. The Labute approximate surface area is 124 Å². The SMILES string of the molecule is CCc1cccc2c(CN3CCNCC3C(N)=O)c[nH]c12. The Balaban J connectivity index is 1.89. The number of fused-ring (bicyclic) bond motifs is 1. The summed E-state index contributed by atoms with van der Waals surface area (Å²) in [5, 5.41) is 4.48. The van der Waals surface area contributed by atoms with E-state index in [1.807, 2.05) is 0 Å². The molecule has 21 heavy (non-hydrogen) atoms. The average molecular weight is 286 g/mol. The van der Waals surface area contributed by atoms with Gasteiger partial charge in [-0.25, -0.2) is 0 Å². The minimum atomic E-state index is -0.253. The van der Waals surface area contributed by atoms with Gasteiger partial charge in [-0.05, 0) is 17.5 Å². The molecule has 1 aromatic carbocycles. The highest BCUT2D eigenvalue weighted by molar-refractivity contribution is 5.86. The van der Waals surface area contributed by atoms with Crippen molar-refractivity contribution in [2.45, 2.75) is 25.9 Å². The first-order chi connectivity index (χ1) is 10.2. The Hall–Kier alpha value is -1.85. The van der Waals surface area contributed by atoms with Crippen molar-refractivity contribution in [2.24, 2.45) is 5.73 Å². The van der Waals surface area contributed by atoms with Gasteiger partial charge in [-0.15, -0.1) is 0 Å². The second kappa shape index (κ2) is 5.87. The summed E-state index contributed by atoms with van der Waals surface area (Å²) in [7, 11) is 0. The third kappa shape index (κ3) is 2.66. The standard InChI is InChI=1S/C16H22N4O/c1-2-11-4-3-5-13-12(8-19-15(11)13)10-20-7-6-18-9-14(20)16(17)21/h3-5,8,14,18-19H,2,6-7,9-10H2,1H3,(H2,17,21). The van der Waals surface area contributed by atoms with Crippen molar-refractivity contribution >= 4 is 16.8 Å². The lowest BCUT2D eigenvalue weighted by atomic mass is 10.1. The molecule has 112 valence electrons. The maximum absolute atomic E-state index is 11.6. The highest BCUT2D eigenvalue weighted by atomic mass is 16.1. The minimum absolute atomic E-state index is 0.224. The molecule has 1 amide bonds. The summed E-state index contributed by atoms with van der Waals surface area (Å²) in [6, 6.07) is 6.17. The molecular formula is C16H22N4O. The van der Waals surface area contributed by atoms with Crippen LogP contribution in [-0.2, 0) is 17.8 Å². The van der Waals surface area contributed by atoms with E-state index in [0.717, 1.165) is 26.1 Å². The number of benzene rings is 1. The van der Waals surface area contributed by atoms with Gasteiger partial charge in [-0.3, -0.25) is 9.69 Å². The number of carbonyl (C=O) groups excluding carboxylic acids is 1.